The molecule has 0 aliphatic heterocycles. The van der Waals surface area contributed by atoms with Crippen LogP contribution in [0.3, 0.4) is 0 Å². The minimum Gasteiger partial charge on any atom is -0.462 e. The fourth-order valence-electron chi connectivity index (χ4n) is 5.44. The van der Waals surface area contributed by atoms with Crippen molar-refractivity contribution in [3.05, 3.63) is 122 Å². The highest BCUT2D eigenvalue weighted by molar-refractivity contribution is 5.71. The van der Waals surface area contributed by atoms with Gasteiger partial charge in [-0.05, 0) is 77.0 Å². The van der Waals surface area contributed by atoms with Crippen molar-refractivity contribution < 1.29 is 28.6 Å². The summed E-state index contributed by atoms with van der Waals surface area (Å²) in [5.41, 5.74) is 0. The Kier molecular flexibility index (Phi) is 42.2. The van der Waals surface area contributed by atoms with E-state index in [1.807, 2.05) is 72.9 Å². The number of ether oxygens (including phenoxy) is 3. The zero-order chi connectivity index (χ0) is 42.3. The van der Waals surface area contributed by atoms with Crippen LogP contribution in [-0.2, 0) is 28.6 Å². The Balaban J connectivity index is 4.53. The summed E-state index contributed by atoms with van der Waals surface area (Å²) in [6.07, 6.45) is 61.8. The Bertz CT molecular complexity index is 1290. The predicted molar refractivity (Wildman–Crippen MR) is 246 cm³/mol. The van der Waals surface area contributed by atoms with Crippen molar-refractivity contribution in [1.29, 1.82) is 0 Å². The molecule has 0 bridgehead atoms. The fraction of sp³-hybridized carbons (Fsp3) is 0.558. The van der Waals surface area contributed by atoms with Gasteiger partial charge in [0.05, 0.1) is 0 Å². The average molecular weight is 801 g/mol. The Labute approximate surface area is 354 Å². The van der Waals surface area contributed by atoms with Gasteiger partial charge in [-0.2, -0.15) is 0 Å². The number of allylic oxidation sites excluding steroid dienone is 20. The molecular formula is C52H80O6. The second kappa shape index (κ2) is 45.5. The van der Waals surface area contributed by atoms with Crippen molar-refractivity contribution in [3.8, 4) is 0 Å². The van der Waals surface area contributed by atoms with Crippen LogP contribution in [0.1, 0.15) is 168 Å². The molecule has 0 rings (SSSR count). The summed E-state index contributed by atoms with van der Waals surface area (Å²) in [4.78, 5) is 37.7. The molecule has 1 unspecified atom stereocenters. The summed E-state index contributed by atoms with van der Waals surface area (Å²) >= 11 is 0. The maximum absolute atomic E-state index is 12.7. The number of esters is 3. The third-order valence-corrected chi connectivity index (χ3v) is 8.89. The van der Waals surface area contributed by atoms with Gasteiger partial charge in [0.25, 0.3) is 0 Å². The molecule has 1 atom stereocenters. The predicted octanol–water partition coefficient (Wildman–Crippen LogP) is 14.6. The summed E-state index contributed by atoms with van der Waals surface area (Å²) in [5.74, 6) is -1.02. The van der Waals surface area contributed by atoms with Crippen LogP contribution < -0.4 is 0 Å². The molecule has 0 N–H and O–H groups in total. The normalized spacial score (nSPS) is 13.2. The summed E-state index contributed by atoms with van der Waals surface area (Å²) in [7, 11) is 0. The zero-order valence-electron chi connectivity index (χ0n) is 36.8. The molecule has 0 aromatic rings. The lowest BCUT2D eigenvalue weighted by atomic mass is 10.1. The first-order valence-electron chi connectivity index (χ1n) is 22.7. The Hall–Kier alpha value is -4.19. The molecule has 0 fully saturated rings. The second-order valence-corrected chi connectivity index (χ2v) is 14.4. The minimum absolute atomic E-state index is 0.114. The number of hydrogen-bond donors (Lipinski definition) is 0. The monoisotopic (exact) mass is 801 g/mol. The molecule has 0 aliphatic rings. The number of rotatable bonds is 38. The van der Waals surface area contributed by atoms with Gasteiger partial charge in [0, 0.05) is 19.3 Å². The van der Waals surface area contributed by atoms with Gasteiger partial charge in [-0.25, -0.2) is 0 Å². The van der Waals surface area contributed by atoms with Crippen LogP contribution >= 0.6 is 0 Å². The van der Waals surface area contributed by atoms with Crippen molar-refractivity contribution in [3.63, 3.8) is 0 Å². The van der Waals surface area contributed by atoms with Crippen LogP contribution in [-0.4, -0.2) is 37.2 Å². The molecule has 0 aromatic heterocycles. The largest absolute Gasteiger partial charge is 0.462 e. The topological polar surface area (TPSA) is 78.9 Å². The first-order chi connectivity index (χ1) is 28.5. The molecule has 0 saturated heterocycles. The van der Waals surface area contributed by atoms with E-state index < -0.39 is 6.10 Å². The van der Waals surface area contributed by atoms with Crippen LogP contribution in [0.4, 0.5) is 0 Å². The third-order valence-electron chi connectivity index (χ3n) is 8.89. The van der Waals surface area contributed by atoms with Crippen molar-refractivity contribution in [2.75, 3.05) is 13.2 Å². The highest BCUT2D eigenvalue weighted by Gasteiger charge is 2.19. The molecule has 0 spiro atoms. The van der Waals surface area contributed by atoms with Gasteiger partial charge in [0.2, 0.25) is 0 Å². The van der Waals surface area contributed by atoms with E-state index in [0.717, 1.165) is 96.3 Å². The SMILES string of the molecule is CC\C=C/C=C\C=C/C=C\C=C\C=C/C=C\CCCCCC(=O)OCC(COC(=O)CCCCCC/C=C\CCCC)OC(=O)CCCCC/C=C\C=C/CCCC. The summed E-state index contributed by atoms with van der Waals surface area (Å²) in [6.45, 7) is 6.28. The van der Waals surface area contributed by atoms with E-state index in [1.54, 1.807) is 0 Å². The lowest BCUT2D eigenvalue weighted by Gasteiger charge is -2.18. The van der Waals surface area contributed by atoms with E-state index in [1.165, 1.54) is 25.7 Å². The second-order valence-electron chi connectivity index (χ2n) is 14.4. The maximum atomic E-state index is 12.7. The first kappa shape index (κ1) is 53.8. The van der Waals surface area contributed by atoms with Crippen molar-refractivity contribution in [2.24, 2.45) is 0 Å². The molecule has 6 nitrogen and oxygen atoms in total. The lowest BCUT2D eigenvalue weighted by Crippen LogP contribution is -2.30. The van der Waals surface area contributed by atoms with E-state index in [0.29, 0.717) is 19.3 Å². The van der Waals surface area contributed by atoms with Crippen molar-refractivity contribution in [1.82, 2.24) is 0 Å². The van der Waals surface area contributed by atoms with E-state index in [-0.39, 0.29) is 37.5 Å². The number of unbranched alkanes of at least 4 members (excludes halogenated alkanes) is 14. The van der Waals surface area contributed by atoms with Crippen molar-refractivity contribution >= 4 is 17.9 Å². The standard InChI is InChI=1S/C52H80O6/c1-4-7-10-13-16-19-22-23-24-25-26-27-28-29-31-33-36-39-42-45-51(54)57-48-49(47-56-50(53)44-41-38-35-32-21-18-15-12-9-6-3)58-52(55)46-43-40-37-34-30-20-17-14-11-8-5-2/h7,10,13-20,22-31,49H,4-6,8-9,11-12,21,32-48H2,1-3H3/b10-7-,16-13-,17-14-,18-15-,22-19-,24-23-,26-25+,28-27-,30-20-,31-29-. The van der Waals surface area contributed by atoms with Gasteiger partial charge >= 0.3 is 17.9 Å². The third kappa shape index (κ3) is 42.9. The van der Waals surface area contributed by atoms with E-state index in [4.69, 9.17) is 14.2 Å². The van der Waals surface area contributed by atoms with Gasteiger partial charge in [-0.3, -0.25) is 14.4 Å². The van der Waals surface area contributed by atoms with E-state index in [2.05, 4.69) is 69.4 Å². The summed E-state index contributed by atoms with van der Waals surface area (Å²) in [6, 6.07) is 0. The number of carbonyl (C=O) groups excluding carboxylic acids is 3. The van der Waals surface area contributed by atoms with Crippen LogP contribution in [0.25, 0.3) is 0 Å². The Morgan fingerprint density at radius 2 is 0.690 bits per heavy atom. The molecule has 0 aliphatic carbocycles. The average Bonchev–Trinajstić information content (AvgIpc) is 3.22. The molecule has 58 heavy (non-hydrogen) atoms. The van der Waals surface area contributed by atoms with Gasteiger partial charge < -0.3 is 14.2 Å². The summed E-state index contributed by atoms with van der Waals surface area (Å²) < 4.78 is 16.6. The van der Waals surface area contributed by atoms with Gasteiger partial charge in [-0.1, -0.05) is 194 Å². The van der Waals surface area contributed by atoms with Crippen LogP contribution in [0.2, 0.25) is 0 Å². The minimum atomic E-state index is -0.816. The Morgan fingerprint density at radius 3 is 1.14 bits per heavy atom. The van der Waals surface area contributed by atoms with E-state index >= 15 is 0 Å². The first-order valence-corrected chi connectivity index (χ1v) is 22.7. The lowest BCUT2D eigenvalue weighted by molar-refractivity contribution is -0.167. The molecule has 0 aromatic carbocycles. The molecule has 0 heterocycles. The quantitative estimate of drug-likeness (QED) is 0.0203. The molecule has 6 heteroatoms. The fourth-order valence-corrected chi connectivity index (χ4v) is 5.44. The molecule has 0 amide bonds. The number of carbonyl (C=O) groups is 3. The van der Waals surface area contributed by atoms with Crippen molar-refractivity contribution in [2.45, 2.75) is 175 Å². The molecule has 324 valence electrons. The van der Waals surface area contributed by atoms with Crippen LogP contribution in [0.5, 0.6) is 0 Å². The molecule has 0 saturated carbocycles. The smallest absolute Gasteiger partial charge is 0.306 e. The maximum Gasteiger partial charge on any atom is 0.306 e. The highest BCUT2D eigenvalue weighted by Crippen LogP contribution is 2.11. The molecule has 0 radical (unpaired) electrons. The summed E-state index contributed by atoms with van der Waals surface area (Å²) in [5, 5.41) is 0. The van der Waals surface area contributed by atoms with E-state index in [9.17, 15) is 14.4 Å². The van der Waals surface area contributed by atoms with Gasteiger partial charge in [0.15, 0.2) is 6.10 Å². The van der Waals surface area contributed by atoms with Crippen LogP contribution in [0, 0.1) is 0 Å². The highest BCUT2D eigenvalue weighted by atomic mass is 16.6. The van der Waals surface area contributed by atoms with Crippen LogP contribution in [0.15, 0.2) is 122 Å². The molecular weight excluding hydrogens is 721 g/mol. The number of hydrogen-bond acceptors (Lipinski definition) is 6. The van der Waals surface area contributed by atoms with Gasteiger partial charge in [-0.15, -0.1) is 0 Å². The Morgan fingerprint density at radius 1 is 0.362 bits per heavy atom. The van der Waals surface area contributed by atoms with Gasteiger partial charge in [0.1, 0.15) is 13.2 Å². The zero-order valence-corrected chi connectivity index (χ0v) is 36.8.